The number of rotatable bonds is 9. The summed E-state index contributed by atoms with van der Waals surface area (Å²) in [6.07, 6.45) is 0.454. The predicted octanol–water partition coefficient (Wildman–Crippen LogP) is 6.76. The lowest BCUT2D eigenvalue weighted by Gasteiger charge is -2.31. The highest BCUT2D eigenvalue weighted by atomic mass is 79.9. The van der Waals surface area contributed by atoms with Crippen LogP contribution in [0, 0.1) is 0 Å². The SMILES string of the molecule is CC[C@@H](C(=O)NC(C)C)N(Cc1ccc(Cl)c(Cl)c1)C(=O)COc1ccc(C(C)(C)C)cc1Br. The molecule has 1 N–H and O–H groups in total. The summed E-state index contributed by atoms with van der Waals surface area (Å²) in [6, 6.07) is 10.3. The fraction of sp³-hybridized carbons (Fsp3) is 0.462. The summed E-state index contributed by atoms with van der Waals surface area (Å²) in [5.41, 5.74) is 1.91. The second-order valence-corrected chi connectivity index (χ2v) is 11.2. The van der Waals surface area contributed by atoms with Gasteiger partial charge in [-0.05, 0) is 77.0 Å². The molecule has 0 aromatic heterocycles. The van der Waals surface area contributed by atoms with Gasteiger partial charge >= 0.3 is 0 Å². The first-order chi connectivity index (χ1) is 15.8. The van der Waals surface area contributed by atoms with E-state index in [9.17, 15) is 9.59 Å². The van der Waals surface area contributed by atoms with Crippen molar-refractivity contribution >= 4 is 50.9 Å². The lowest BCUT2D eigenvalue weighted by Crippen LogP contribution is -2.51. The Morgan fingerprint density at radius 2 is 1.76 bits per heavy atom. The Hall–Kier alpha value is -1.76. The van der Waals surface area contributed by atoms with Crippen LogP contribution in [0.15, 0.2) is 40.9 Å². The Morgan fingerprint density at radius 3 is 2.29 bits per heavy atom. The van der Waals surface area contributed by atoms with E-state index >= 15 is 0 Å². The molecule has 0 spiro atoms. The van der Waals surface area contributed by atoms with E-state index in [0.717, 1.165) is 15.6 Å². The van der Waals surface area contributed by atoms with Gasteiger partial charge in [-0.1, -0.05) is 63.0 Å². The Morgan fingerprint density at radius 1 is 1.09 bits per heavy atom. The van der Waals surface area contributed by atoms with Crippen LogP contribution in [0.2, 0.25) is 10.0 Å². The van der Waals surface area contributed by atoms with E-state index in [1.807, 2.05) is 39.0 Å². The van der Waals surface area contributed by atoms with E-state index in [-0.39, 0.29) is 36.4 Å². The van der Waals surface area contributed by atoms with Gasteiger partial charge < -0.3 is 15.0 Å². The van der Waals surface area contributed by atoms with Crippen LogP contribution >= 0.6 is 39.1 Å². The maximum Gasteiger partial charge on any atom is 0.261 e. The number of ether oxygens (including phenoxy) is 1. The molecule has 0 aliphatic carbocycles. The average molecular weight is 572 g/mol. The second kappa shape index (κ2) is 12.3. The molecule has 2 aromatic rings. The van der Waals surface area contributed by atoms with Crippen molar-refractivity contribution in [1.82, 2.24) is 10.2 Å². The molecule has 0 heterocycles. The second-order valence-electron chi connectivity index (χ2n) is 9.54. The Labute approximate surface area is 221 Å². The zero-order chi connectivity index (χ0) is 25.6. The molecule has 0 fully saturated rings. The summed E-state index contributed by atoms with van der Waals surface area (Å²) in [6.45, 7) is 12.0. The number of nitrogens with zero attached hydrogens (tertiary/aromatic N) is 1. The van der Waals surface area contributed by atoms with Gasteiger partial charge in [-0.2, -0.15) is 0 Å². The zero-order valence-electron chi connectivity index (χ0n) is 20.5. The highest BCUT2D eigenvalue weighted by Crippen LogP contribution is 2.31. The van der Waals surface area contributed by atoms with Gasteiger partial charge in [-0.15, -0.1) is 0 Å². The standard InChI is InChI=1S/C26H33BrCl2N2O3/c1-7-22(25(33)30-16(2)3)31(14-17-8-10-20(28)21(29)12-17)24(32)15-34-23-11-9-18(13-19(23)27)26(4,5)6/h8-13,16,22H,7,14-15H2,1-6H3,(H,30,33)/t22-/m0/s1. The van der Waals surface area contributed by atoms with E-state index in [1.54, 1.807) is 18.2 Å². The number of amides is 2. The fourth-order valence-electron chi connectivity index (χ4n) is 3.44. The maximum absolute atomic E-state index is 13.3. The van der Waals surface area contributed by atoms with Crippen LogP contribution in [0.25, 0.3) is 0 Å². The largest absolute Gasteiger partial charge is 0.483 e. The average Bonchev–Trinajstić information content (AvgIpc) is 2.73. The summed E-state index contributed by atoms with van der Waals surface area (Å²) < 4.78 is 6.64. The molecule has 0 unspecified atom stereocenters. The minimum Gasteiger partial charge on any atom is -0.483 e. The molecule has 0 aliphatic rings. The summed E-state index contributed by atoms with van der Waals surface area (Å²) >= 11 is 15.8. The fourth-order valence-corrected chi connectivity index (χ4v) is 4.26. The number of hydrogen-bond donors (Lipinski definition) is 1. The molecule has 186 valence electrons. The van der Waals surface area contributed by atoms with E-state index in [0.29, 0.717) is 22.2 Å². The van der Waals surface area contributed by atoms with Crippen molar-refractivity contribution in [3.63, 3.8) is 0 Å². The highest BCUT2D eigenvalue weighted by Gasteiger charge is 2.29. The maximum atomic E-state index is 13.3. The molecule has 8 heteroatoms. The smallest absolute Gasteiger partial charge is 0.261 e. The first kappa shape index (κ1) is 28.5. The van der Waals surface area contributed by atoms with Gasteiger partial charge in [0.05, 0.1) is 14.5 Å². The predicted molar refractivity (Wildman–Crippen MR) is 143 cm³/mol. The summed E-state index contributed by atoms with van der Waals surface area (Å²) in [4.78, 5) is 27.8. The topological polar surface area (TPSA) is 58.6 Å². The third kappa shape index (κ3) is 7.89. The van der Waals surface area contributed by atoms with E-state index in [1.165, 1.54) is 4.90 Å². The van der Waals surface area contributed by atoms with Crippen molar-refractivity contribution in [3.8, 4) is 5.75 Å². The first-order valence-electron chi connectivity index (χ1n) is 11.3. The van der Waals surface area contributed by atoms with Crippen LogP contribution < -0.4 is 10.1 Å². The van der Waals surface area contributed by atoms with Gasteiger partial charge in [0.15, 0.2) is 6.61 Å². The van der Waals surface area contributed by atoms with Crippen molar-refractivity contribution in [2.75, 3.05) is 6.61 Å². The Balaban J connectivity index is 2.27. The summed E-state index contributed by atoms with van der Waals surface area (Å²) in [5.74, 6) is 0.0563. The van der Waals surface area contributed by atoms with Gasteiger partial charge in [0.1, 0.15) is 11.8 Å². The van der Waals surface area contributed by atoms with Crippen LogP contribution in [0.5, 0.6) is 5.75 Å². The highest BCUT2D eigenvalue weighted by molar-refractivity contribution is 9.10. The number of carbonyl (C=O) groups excluding carboxylic acids is 2. The molecule has 2 rings (SSSR count). The Bertz CT molecular complexity index is 1020. The summed E-state index contributed by atoms with van der Waals surface area (Å²) in [5, 5.41) is 3.73. The van der Waals surface area contributed by atoms with Gasteiger partial charge in [-0.3, -0.25) is 9.59 Å². The number of carbonyl (C=O) groups is 2. The molecule has 5 nitrogen and oxygen atoms in total. The van der Waals surface area contributed by atoms with Crippen LogP contribution in [-0.2, 0) is 21.5 Å². The van der Waals surface area contributed by atoms with E-state index in [4.69, 9.17) is 27.9 Å². The third-order valence-corrected chi connectivity index (χ3v) is 6.66. The van der Waals surface area contributed by atoms with E-state index in [2.05, 4.69) is 42.0 Å². The lowest BCUT2D eigenvalue weighted by molar-refractivity contribution is -0.143. The monoisotopic (exact) mass is 570 g/mol. The first-order valence-corrected chi connectivity index (χ1v) is 12.8. The minimum atomic E-state index is -0.653. The number of hydrogen-bond acceptors (Lipinski definition) is 3. The van der Waals surface area contributed by atoms with Crippen molar-refractivity contribution < 1.29 is 14.3 Å². The Kier molecular flexibility index (Phi) is 10.3. The molecule has 2 aromatic carbocycles. The number of benzene rings is 2. The molecule has 0 saturated heterocycles. The number of halogens is 3. The molecule has 0 saturated carbocycles. The quantitative estimate of drug-likeness (QED) is 0.361. The third-order valence-electron chi connectivity index (χ3n) is 5.30. The van der Waals surface area contributed by atoms with Gasteiger partial charge in [-0.25, -0.2) is 0 Å². The van der Waals surface area contributed by atoms with Crippen molar-refractivity contribution in [2.45, 2.75) is 72.0 Å². The van der Waals surface area contributed by atoms with Gasteiger partial charge in [0.2, 0.25) is 5.91 Å². The van der Waals surface area contributed by atoms with Gasteiger partial charge in [0, 0.05) is 12.6 Å². The van der Waals surface area contributed by atoms with Crippen molar-refractivity contribution in [1.29, 1.82) is 0 Å². The van der Waals surface area contributed by atoms with Crippen molar-refractivity contribution in [3.05, 3.63) is 62.0 Å². The summed E-state index contributed by atoms with van der Waals surface area (Å²) in [7, 11) is 0. The normalized spacial score (nSPS) is 12.4. The number of nitrogens with one attached hydrogen (secondary N) is 1. The molecule has 0 bridgehead atoms. The molecular weight excluding hydrogens is 539 g/mol. The molecule has 1 atom stereocenters. The molecule has 0 radical (unpaired) electrons. The van der Waals surface area contributed by atoms with Crippen LogP contribution in [-0.4, -0.2) is 35.4 Å². The van der Waals surface area contributed by atoms with Crippen LogP contribution in [0.3, 0.4) is 0 Å². The minimum absolute atomic E-state index is 0.00829. The molecule has 0 aliphatic heterocycles. The molecule has 2 amide bonds. The molecular formula is C26H33BrCl2N2O3. The molecule has 34 heavy (non-hydrogen) atoms. The van der Waals surface area contributed by atoms with Gasteiger partial charge in [0.25, 0.3) is 5.91 Å². The zero-order valence-corrected chi connectivity index (χ0v) is 23.6. The van der Waals surface area contributed by atoms with Crippen LogP contribution in [0.1, 0.15) is 59.1 Å². The van der Waals surface area contributed by atoms with E-state index < -0.39 is 6.04 Å². The van der Waals surface area contributed by atoms with Crippen LogP contribution in [0.4, 0.5) is 0 Å². The van der Waals surface area contributed by atoms with Crippen molar-refractivity contribution in [2.24, 2.45) is 0 Å². The lowest BCUT2D eigenvalue weighted by atomic mass is 9.87.